The number of pyridine rings is 1. The molecule has 0 fully saturated rings. The molecule has 0 aliphatic heterocycles. The van der Waals surface area contributed by atoms with E-state index in [0.717, 1.165) is 11.2 Å². The number of aryl methyl sites for hydroxylation is 1. The minimum Gasteiger partial charge on any atom is -0.342 e. The number of nitrogens with zero attached hydrogens (tertiary/aromatic N) is 3. The van der Waals surface area contributed by atoms with Crippen LogP contribution in [0.5, 0.6) is 0 Å². The average Bonchev–Trinajstić information content (AvgIpc) is 2.91. The minimum atomic E-state index is -0.226. The summed E-state index contributed by atoms with van der Waals surface area (Å²) in [5.74, 6) is 0.602. The van der Waals surface area contributed by atoms with Crippen LogP contribution in [0.1, 0.15) is 34.7 Å². The highest BCUT2D eigenvalue weighted by atomic mass is 16.1. The zero-order valence-electron chi connectivity index (χ0n) is 11.9. The van der Waals surface area contributed by atoms with Crippen LogP contribution in [-0.4, -0.2) is 20.5 Å². The van der Waals surface area contributed by atoms with E-state index in [9.17, 15) is 4.79 Å². The second-order valence-electron chi connectivity index (χ2n) is 5.05. The lowest BCUT2D eigenvalue weighted by Crippen LogP contribution is -2.28. The summed E-state index contributed by atoms with van der Waals surface area (Å²) >= 11 is 0. The van der Waals surface area contributed by atoms with Crippen molar-refractivity contribution in [3.63, 3.8) is 0 Å². The van der Waals surface area contributed by atoms with Gasteiger partial charge in [-0.3, -0.25) is 9.20 Å². The first-order chi connectivity index (χ1) is 10.1. The highest BCUT2D eigenvalue weighted by Crippen LogP contribution is 2.13. The number of benzene rings is 1. The molecule has 0 saturated carbocycles. The minimum absolute atomic E-state index is 0.112. The Hall–Kier alpha value is -2.69. The maximum Gasteiger partial charge on any atom is 0.251 e. The second-order valence-corrected chi connectivity index (χ2v) is 5.05. The van der Waals surface area contributed by atoms with Crippen molar-refractivity contribution < 1.29 is 4.79 Å². The lowest BCUT2D eigenvalue weighted by molar-refractivity contribution is 0.0938. The number of aromatic nitrogens is 3. The van der Waals surface area contributed by atoms with Crippen molar-refractivity contribution in [1.82, 2.24) is 19.9 Å². The van der Waals surface area contributed by atoms with Gasteiger partial charge in [0, 0.05) is 11.8 Å². The Balaban J connectivity index is 1.83. The molecule has 0 radical (unpaired) electrons. The van der Waals surface area contributed by atoms with Crippen LogP contribution in [0.3, 0.4) is 0 Å². The Morgan fingerprint density at radius 3 is 2.86 bits per heavy atom. The quantitative estimate of drug-likeness (QED) is 0.802. The first-order valence-corrected chi connectivity index (χ1v) is 6.82. The van der Waals surface area contributed by atoms with Crippen LogP contribution in [0, 0.1) is 6.92 Å². The molecule has 1 atom stereocenters. The van der Waals surface area contributed by atoms with Gasteiger partial charge in [0.05, 0.1) is 6.04 Å². The van der Waals surface area contributed by atoms with Crippen LogP contribution in [0.25, 0.3) is 5.65 Å². The fraction of sp³-hybridized carbons (Fsp3) is 0.188. The Morgan fingerprint density at radius 2 is 2.05 bits per heavy atom. The Bertz CT molecular complexity index is 794. The standard InChI is InChI=1S/C16H16N4O/c1-11-6-5-7-13(10-11)16(21)17-12(2)15-19-18-14-8-3-4-9-20(14)15/h3-10,12H,1-2H3,(H,17,21)/t12-/m1/s1. The van der Waals surface area contributed by atoms with Crippen LogP contribution >= 0.6 is 0 Å². The van der Waals surface area contributed by atoms with Crippen molar-refractivity contribution in [1.29, 1.82) is 0 Å². The number of rotatable bonds is 3. The first kappa shape index (κ1) is 13.3. The van der Waals surface area contributed by atoms with Crippen molar-refractivity contribution in [3.8, 4) is 0 Å². The molecule has 1 N–H and O–H groups in total. The van der Waals surface area contributed by atoms with E-state index in [1.165, 1.54) is 0 Å². The maximum atomic E-state index is 12.3. The summed E-state index contributed by atoms with van der Waals surface area (Å²) < 4.78 is 1.88. The van der Waals surface area contributed by atoms with Crippen molar-refractivity contribution in [2.45, 2.75) is 19.9 Å². The van der Waals surface area contributed by atoms with Gasteiger partial charge in [-0.05, 0) is 38.1 Å². The molecular formula is C16H16N4O. The van der Waals surface area contributed by atoms with Gasteiger partial charge < -0.3 is 5.32 Å². The lowest BCUT2D eigenvalue weighted by Gasteiger charge is -2.12. The van der Waals surface area contributed by atoms with Gasteiger partial charge in [-0.2, -0.15) is 0 Å². The highest BCUT2D eigenvalue weighted by molar-refractivity contribution is 5.94. The molecule has 5 nitrogen and oxygen atoms in total. The number of nitrogens with one attached hydrogen (secondary N) is 1. The summed E-state index contributed by atoms with van der Waals surface area (Å²) in [6.45, 7) is 3.86. The Kier molecular flexibility index (Phi) is 3.39. The molecule has 21 heavy (non-hydrogen) atoms. The zero-order chi connectivity index (χ0) is 14.8. The SMILES string of the molecule is Cc1cccc(C(=O)N[C@H](C)c2nnc3ccccn23)c1. The van der Waals surface area contributed by atoms with Crippen LogP contribution in [0.4, 0.5) is 0 Å². The van der Waals surface area contributed by atoms with Crippen molar-refractivity contribution in [2.75, 3.05) is 0 Å². The summed E-state index contributed by atoms with van der Waals surface area (Å²) in [7, 11) is 0. The predicted octanol–water partition coefficient (Wildman–Crippen LogP) is 2.53. The van der Waals surface area contributed by atoms with Crippen molar-refractivity contribution >= 4 is 11.6 Å². The largest absolute Gasteiger partial charge is 0.342 e. The third-order valence-electron chi connectivity index (χ3n) is 3.36. The Morgan fingerprint density at radius 1 is 1.19 bits per heavy atom. The van der Waals surface area contributed by atoms with Crippen molar-refractivity contribution in [2.24, 2.45) is 0 Å². The topological polar surface area (TPSA) is 59.3 Å². The van der Waals surface area contributed by atoms with Gasteiger partial charge in [0.15, 0.2) is 11.5 Å². The van der Waals surface area contributed by atoms with E-state index in [1.54, 1.807) is 6.07 Å². The van der Waals surface area contributed by atoms with E-state index in [1.807, 2.05) is 60.8 Å². The molecule has 1 amide bonds. The molecule has 0 spiro atoms. The summed E-state index contributed by atoms with van der Waals surface area (Å²) in [5, 5.41) is 11.2. The lowest BCUT2D eigenvalue weighted by atomic mass is 10.1. The van der Waals surface area contributed by atoms with Gasteiger partial charge in [-0.25, -0.2) is 0 Å². The molecule has 0 aliphatic rings. The molecule has 0 unspecified atom stereocenters. The van der Waals surface area contributed by atoms with Gasteiger partial charge in [-0.15, -0.1) is 10.2 Å². The second kappa shape index (κ2) is 5.36. The van der Waals surface area contributed by atoms with Crippen LogP contribution in [0.2, 0.25) is 0 Å². The molecule has 3 aromatic rings. The molecule has 2 aromatic heterocycles. The number of fused-ring (bicyclic) bond motifs is 1. The number of carbonyl (C=O) groups is 1. The van der Waals surface area contributed by atoms with Gasteiger partial charge in [0.1, 0.15) is 0 Å². The molecule has 5 heteroatoms. The third kappa shape index (κ3) is 2.63. The molecule has 1 aromatic carbocycles. The summed E-state index contributed by atoms with van der Waals surface area (Å²) in [5.41, 5.74) is 2.48. The molecule has 0 saturated heterocycles. The maximum absolute atomic E-state index is 12.3. The van der Waals surface area contributed by atoms with E-state index < -0.39 is 0 Å². The summed E-state index contributed by atoms with van der Waals surface area (Å²) in [6.07, 6.45) is 1.89. The number of amides is 1. The number of carbonyl (C=O) groups excluding carboxylic acids is 1. The summed E-state index contributed by atoms with van der Waals surface area (Å²) in [6, 6.07) is 13.0. The fourth-order valence-corrected chi connectivity index (χ4v) is 2.29. The highest BCUT2D eigenvalue weighted by Gasteiger charge is 2.16. The molecule has 0 bridgehead atoms. The predicted molar refractivity (Wildman–Crippen MR) is 80.0 cm³/mol. The first-order valence-electron chi connectivity index (χ1n) is 6.82. The van der Waals surface area contributed by atoms with Crippen LogP contribution in [-0.2, 0) is 0 Å². The van der Waals surface area contributed by atoms with E-state index >= 15 is 0 Å². The van der Waals surface area contributed by atoms with Gasteiger partial charge in [-0.1, -0.05) is 23.8 Å². The third-order valence-corrected chi connectivity index (χ3v) is 3.36. The van der Waals surface area contributed by atoms with Crippen molar-refractivity contribution in [3.05, 3.63) is 65.6 Å². The van der Waals surface area contributed by atoms with E-state index in [4.69, 9.17) is 0 Å². The van der Waals surface area contributed by atoms with Gasteiger partial charge >= 0.3 is 0 Å². The normalized spacial score (nSPS) is 12.3. The Labute approximate surface area is 122 Å². The molecule has 0 aliphatic carbocycles. The van der Waals surface area contributed by atoms with Gasteiger partial charge in [0.2, 0.25) is 0 Å². The number of hydrogen-bond acceptors (Lipinski definition) is 3. The van der Waals surface area contributed by atoms with Crippen LogP contribution < -0.4 is 5.32 Å². The summed E-state index contributed by atoms with van der Waals surface area (Å²) in [4.78, 5) is 12.3. The molecule has 3 rings (SSSR count). The average molecular weight is 280 g/mol. The van der Waals surface area contributed by atoms with E-state index in [2.05, 4.69) is 15.5 Å². The van der Waals surface area contributed by atoms with E-state index in [-0.39, 0.29) is 11.9 Å². The molecular weight excluding hydrogens is 264 g/mol. The van der Waals surface area contributed by atoms with E-state index in [0.29, 0.717) is 11.4 Å². The fourth-order valence-electron chi connectivity index (χ4n) is 2.29. The smallest absolute Gasteiger partial charge is 0.251 e. The van der Waals surface area contributed by atoms with Gasteiger partial charge in [0.25, 0.3) is 5.91 Å². The van der Waals surface area contributed by atoms with Crippen LogP contribution in [0.15, 0.2) is 48.7 Å². The monoisotopic (exact) mass is 280 g/mol. The number of hydrogen-bond donors (Lipinski definition) is 1. The molecule has 106 valence electrons. The zero-order valence-corrected chi connectivity index (χ0v) is 11.9. The molecule has 2 heterocycles.